The van der Waals surface area contributed by atoms with Gasteiger partial charge in [-0.3, -0.25) is 9.59 Å². The first-order valence-electron chi connectivity index (χ1n) is 9.26. The summed E-state index contributed by atoms with van der Waals surface area (Å²) in [5.74, 6) is -1.54. The van der Waals surface area contributed by atoms with Gasteiger partial charge in [-0.2, -0.15) is 0 Å². The summed E-state index contributed by atoms with van der Waals surface area (Å²) in [5.41, 5.74) is 0.934. The Morgan fingerprint density at radius 1 is 1.21 bits per heavy atom. The fraction of sp³-hybridized carbons (Fsp3) is 0.273. The van der Waals surface area contributed by atoms with Crippen LogP contribution in [0.15, 0.2) is 52.5 Å². The second kappa shape index (κ2) is 8.78. The molecular formula is C22H21BrFNO4. The zero-order valence-electron chi connectivity index (χ0n) is 16.1. The number of ketones is 1. The number of hydrogen-bond donors (Lipinski definition) is 1. The van der Waals surface area contributed by atoms with E-state index in [1.807, 2.05) is 6.92 Å². The lowest BCUT2D eigenvalue weighted by molar-refractivity contribution is -0.139. The zero-order valence-corrected chi connectivity index (χ0v) is 17.7. The average molecular weight is 462 g/mol. The Morgan fingerprint density at radius 3 is 2.48 bits per heavy atom. The molecule has 29 heavy (non-hydrogen) atoms. The number of carbonyl (C=O) groups excluding carboxylic acids is 2. The molecule has 1 saturated heterocycles. The molecule has 5 nitrogen and oxygen atoms in total. The van der Waals surface area contributed by atoms with Gasteiger partial charge < -0.3 is 14.7 Å². The maximum Gasteiger partial charge on any atom is 0.295 e. The van der Waals surface area contributed by atoms with E-state index in [0.29, 0.717) is 34.3 Å². The van der Waals surface area contributed by atoms with Gasteiger partial charge in [0.1, 0.15) is 17.3 Å². The monoisotopic (exact) mass is 461 g/mol. The fourth-order valence-electron chi connectivity index (χ4n) is 3.40. The number of carbonyl (C=O) groups is 2. The highest BCUT2D eigenvalue weighted by Crippen LogP contribution is 2.40. The van der Waals surface area contributed by atoms with Crippen LogP contribution in [0.4, 0.5) is 4.39 Å². The number of aliphatic hydroxyl groups excluding tert-OH is 1. The van der Waals surface area contributed by atoms with Crippen molar-refractivity contribution in [3.05, 3.63) is 69.5 Å². The minimum absolute atomic E-state index is 0.00484. The van der Waals surface area contributed by atoms with Crippen LogP contribution >= 0.6 is 15.9 Å². The van der Waals surface area contributed by atoms with Crippen LogP contribution in [0.25, 0.3) is 5.76 Å². The smallest absolute Gasteiger partial charge is 0.295 e. The van der Waals surface area contributed by atoms with Crippen LogP contribution in [-0.2, 0) is 9.59 Å². The summed E-state index contributed by atoms with van der Waals surface area (Å²) in [5, 5.41) is 11.0. The Balaban J connectivity index is 2.15. The van der Waals surface area contributed by atoms with Gasteiger partial charge >= 0.3 is 0 Å². The number of aliphatic hydroxyl groups is 1. The number of likely N-dealkylation sites (tertiary alicyclic amines) is 1. The number of unbranched alkanes of at least 4 members (excludes halogenated alkanes) is 1. The van der Waals surface area contributed by atoms with Gasteiger partial charge in [-0.05, 0) is 58.2 Å². The van der Waals surface area contributed by atoms with Crippen molar-refractivity contribution in [1.82, 2.24) is 4.90 Å². The Bertz CT molecular complexity index is 971. The summed E-state index contributed by atoms with van der Waals surface area (Å²) >= 11 is 3.36. The molecule has 7 heteroatoms. The van der Waals surface area contributed by atoms with E-state index < -0.39 is 23.5 Å². The third-order valence-corrected chi connectivity index (χ3v) is 5.52. The fourth-order valence-corrected chi connectivity index (χ4v) is 3.94. The molecule has 0 aromatic heterocycles. The maximum absolute atomic E-state index is 13.4. The average Bonchev–Trinajstić information content (AvgIpc) is 2.96. The van der Waals surface area contributed by atoms with E-state index in [9.17, 15) is 19.1 Å². The van der Waals surface area contributed by atoms with Gasteiger partial charge in [0.2, 0.25) is 0 Å². The topological polar surface area (TPSA) is 66.8 Å². The number of ether oxygens (including phenoxy) is 1. The molecule has 1 aliphatic rings. The summed E-state index contributed by atoms with van der Waals surface area (Å²) in [6.45, 7) is 2.35. The van der Waals surface area contributed by atoms with Crippen molar-refractivity contribution in [3.8, 4) is 5.75 Å². The third-order valence-electron chi connectivity index (χ3n) is 4.90. The summed E-state index contributed by atoms with van der Waals surface area (Å²) < 4.78 is 19.2. The summed E-state index contributed by atoms with van der Waals surface area (Å²) in [7, 11) is 1.52. The number of benzene rings is 2. The molecule has 0 aliphatic carbocycles. The summed E-state index contributed by atoms with van der Waals surface area (Å²) in [6, 6.07) is 9.72. The van der Waals surface area contributed by atoms with Gasteiger partial charge in [0.05, 0.1) is 23.2 Å². The molecular weight excluding hydrogens is 441 g/mol. The molecule has 1 aliphatic heterocycles. The number of amides is 1. The number of rotatable bonds is 6. The maximum atomic E-state index is 13.4. The van der Waals surface area contributed by atoms with Crippen molar-refractivity contribution >= 4 is 33.4 Å². The van der Waals surface area contributed by atoms with E-state index in [4.69, 9.17) is 4.74 Å². The largest absolute Gasteiger partial charge is 0.507 e. The van der Waals surface area contributed by atoms with Crippen LogP contribution in [0.5, 0.6) is 5.75 Å². The number of halogens is 2. The lowest BCUT2D eigenvalue weighted by Gasteiger charge is -2.25. The number of hydrogen-bond acceptors (Lipinski definition) is 4. The second-order valence-corrected chi connectivity index (χ2v) is 7.60. The molecule has 0 spiro atoms. The zero-order chi connectivity index (χ0) is 21.1. The SMILES string of the molecule is CCCCN1C(=O)C(=O)/C(=C(\O)c2ccc(OC)c(Br)c2)C1c1ccc(F)cc1. The van der Waals surface area contributed by atoms with E-state index in [1.165, 1.54) is 36.3 Å². The predicted octanol–water partition coefficient (Wildman–Crippen LogP) is 4.82. The minimum Gasteiger partial charge on any atom is -0.507 e. The van der Waals surface area contributed by atoms with Gasteiger partial charge in [0.15, 0.2) is 0 Å². The molecule has 1 unspecified atom stereocenters. The molecule has 2 aromatic carbocycles. The Morgan fingerprint density at radius 2 is 1.90 bits per heavy atom. The normalized spacial score (nSPS) is 18.3. The molecule has 1 heterocycles. The van der Waals surface area contributed by atoms with Gasteiger partial charge in [-0.1, -0.05) is 25.5 Å². The van der Waals surface area contributed by atoms with Crippen LogP contribution in [0.3, 0.4) is 0 Å². The second-order valence-electron chi connectivity index (χ2n) is 6.75. The van der Waals surface area contributed by atoms with Crippen molar-refractivity contribution in [3.63, 3.8) is 0 Å². The number of methoxy groups -OCH3 is 1. The van der Waals surface area contributed by atoms with Crippen LogP contribution < -0.4 is 4.74 Å². The van der Waals surface area contributed by atoms with Crippen LogP contribution in [-0.4, -0.2) is 35.4 Å². The van der Waals surface area contributed by atoms with Crippen molar-refractivity contribution in [1.29, 1.82) is 0 Å². The molecule has 2 aromatic rings. The Labute approximate surface area is 176 Å². The lowest BCUT2D eigenvalue weighted by Crippen LogP contribution is -2.30. The molecule has 1 amide bonds. The Hall–Kier alpha value is -2.67. The van der Waals surface area contributed by atoms with E-state index in [-0.39, 0.29) is 11.3 Å². The first-order chi connectivity index (χ1) is 13.9. The van der Waals surface area contributed by atoms with Crippen LogP contribution in [0, 0.1) is 5.82 Å². The van der Waals surface area contributed by atoms with Crippen LogP contribution in [0.1, 0.15) is 36.9 Å². The summed E-state index contributed by atoms with van der Waals surface area (Å²) in [4.78, 5) is 27.0. The summed E-state index contributed by atoms with van der Waals surface area (Å²) in [6.07, 6.45) is 1.55. The third kappa shape index (κ3) is 4.05. The Kier molecular flexibility index (Phi) is 6.37. The van der Waals surface area contributed by atoms with E-state index in [1.54, 1.807) is 18.2 Å². The molecule has 152 valence electrons. The van der Waals surface area contributed by atoms with Crippen LogP contribution in [0.2, 0.25) is 0 Å². The van der Waals surface area contributed by atoms with Crippen molar-refractivity contribution in [2.24, 2.45) is 0 Å². The highest BCUT2D eigenvalue weighted by atomic mass is 79.9. The quantitative estimate of drug-likeness (QED) is 0.380. The molecule has 3 rings (SSSR count). The van der Waals surface area contributed by atoms with E-state index in [2.05, 4.69) is 15.9 Å². The lowest BCUT2D eigenvalue weighted by atomic mass is 9.95. The van der Waals surface area contributed by atoms with Crippen molar-refractivity contribution in [2.75, 3.05) is 13.7 Å². The highest BCUT2D eigenvalue weighted by Gasteiger charge is 2.45. The molecule has 1 atom stereocenters. The first kappa shape index (κ1) is 21.0. The van der Waals surface area contributed by atoms with Gasteiger partial charge in [0, 0.05) is 12.1 Å². The van der Waals surface area contributed by atoms with Gasteiger partial charge in [-0.25, -0.2) is 4.39 Å². The van der Waals surface area contributed by atoms with Crippen molar-refractivity contribution in [2.45, 2.75) is 25.8 Å². The van der Waals surface area contributed by atoms with E-state index in [0.717, 1.165) is 6.42 Å². The molecule has 1 N–H and O–H groups in total. The number of nitrogens with zero attached hydrogens (tertiary/aromatic N) is 1. The minimum atomic E-state index is -0.775. The highest BCUT2D eigenvalue weighted by molar-refractivity contribution is 9.10. The molecule has 0 saturated carbocycles. The number of Topliss-reactive ketones (excluding diaryl/α,β-unsaturated/α-hetero) is 1. The standard InChI is InChI=1S/C22H21BrFNO4/c1-3-4-11-25-19(13-5-8-15(24)9-6-13)18(21(27)22(25)28)20(26)14-7-10-17(29-2)16(23)12-14/h5-10,12,19,26H,3-4,11H2,1-2H3/b20-18-. The van der Waals surface area contributed by atoms with Gasteiger partial charge in [-0.15, -0.1) is 0 Å². The van der Waals surface area contributed by atoms with E-state index >= 15 is 0 Å². The molecule has 0 radical (unpaired) electrons. The first-order valence-corrected chi connectivity index (χ1v) is 10.1. The molecule has 0 bridgehead atoms. The van der Waals surface area contributed by atoms with Gasteiger partial charge in [0.25, 0.3) is 11.7 Å². The molecule has 1 fully saturated rings. The predicted molar refractivity (Wildman–Crippen MR) is 111 cm³/mol. The van der Waals surface area contributed by atoms with Crippen molar-refractivity contribution < 1.29 is 23.8 Å².